The zero-order chi connectivity index (χ0) is 19.4. The van der Waals surface area contributed by atoms with E-state index in [1.54, 1.807) is 0 Å². The smallest absolute Gasteiger partial charge is 0.0750 e. The van der Waals surface area contributed by atoms with Gasteiger partial charge in [0.2, 0.25) is 0 Å². The van der Waals surface area contributed by atoms with Gasteiger partial charge in [0.25, 0.3) is 0 Å². The molecular weight excluding hydrogens is 350 g/mol. The number of rotatable bonds is 1. The van der Waals surface area contributed by atoms with Gasteiger partial charge in [-0.15, -0.1) is 0 Å². The maximum atomic E-state index is 5.34. The Labute approximate surface area is 172 Å². The summed E-state index contributed by atoms with van der Waals surface area (Å²) in [6, 6.07) is 26.7. The molecule has 0 atom stereocenters. The van der Waals surface area contributed by atoms with Crippen molar-refractivity contribution in [1.82, 2.24) is 4.98 Å². The molecule has 0 unspecified atom stereocenters. The minimum atomic E-state index is 1.07. The van der Waals surface area contributed by atoms with E-state index in [1.807, 2.05) is 0 Å². The molecule has 0 N–H and O–H groups in total. The van der Waals surface area contributed by atoms with Crippen molar-refractivity contribution >= 4 is 0 Å². The first-order chi connectivity index (χ1) is 14.3. The van der Waals surface area contributed by atoms with E-state index < -0.39 is 0 Å². The zero-order valence-corrected chi connectivity index (χ0v) is 16.7. The first-order valence-corrected chi connectivity index (χ1v) is 10.6. The number of aryl methyl sites for hydroxylation is 3. The van der Waals surface area contributed by atoms with Crippen molar-refractivity contribution in [1.29, 1.82) is 0 Å². The fraction of sp³-hybridized carbons (Fsp3) is 0.179. The lowest BCUT2D eigenvalue weighted by atomic mass is 9.78. The molecule has 0 fully saturated rings. The summed E-state index contributed by atoms with van der Waals surface area (Å²) in [7, 11) is 0. The van der Waals surface area contributed by atoms with Crippen molar-refractivity contribution in [2.45, 2.75) is 32.6 Å². The first kappa shape index (κ1) is 16.7. The Balaban J connectivity index is 1.71. The molecule has 140 valence electrons. The molecule has 6 rings (SSSR count). The number of benzene rings is 3. The van der Waals surface area contributed by atoms with Crippen LogP contribution >= 0.6 is 0 Å². The van der Waals surface area contributed by atoms with Crippen LogP contribution in [0.25, 0.3) is 33.6 Å². The summed E-state index contributed by atoms with van der Waals surface area (Å²) < 4.78 is 0. The van der Waals surface area contributed by atoms with Gasteiger partial charge in [0.15, 0.2) is 0 Å². The first-order valence-electron chi connectivity index (χ1n) is 10.6. The maximum Gasteiger partial charge on any atom is 0.0750 e. The normalized spacial score (nSPS) is 13.8. The number of hydrogen-bond acceptors (Lipinski definition) is 1. The van der Waals surface area contributed by atoms with Gasteiger partial charge in [0.05, 0.1) is 11.4 Å². The molecule has 0 amide bonds. The van der Waals surface area contributed by atoms with E-state index in [2.05, 4.69) is 79.7 Å². The third-order valence-corrected chi connectivity index (χ3v) is 6.57. The monoisotopic (exact) mass is 373 g/mol. The molecule has 1 nitrogen and oxygen atoms in total. The van der Waals surface area contributed by atoms with Crippen LogP contribution in [0, 0.1) is 6.92 Å². The molecule has 0 saturated carbocycles. The van der Waals surface area contributed by atoms with E-state index in [4.69, 9.17) is 4.98 Å². The Morgan fingerprint density at radius 2 is 1.10 bits per heavy atom. The average Bonchev–Trinajstić information content (AvgIpc) is 2.78. The van der Waals surface area contributed by atoms with Crippen LogP contribution in [0.4, 0.5) is 0 Å². The Bertz CT molecular complexity index is 1170. The molecule has 1 aromatic heterocycles. The second-order valence-electron chi connectivity index (χ2n) is 8.32. The summed E-state index contributed by atoms with van der Waals surface area (Å²) in [5.41, 5.74) is 14.8. The van der Waals surface area contributed by atoms with E-state index >= 15 is 0 Å². The van der Waals surface area contributed by atoms with Gasteiger partial charge < -0.3 is 0 Å². The van der Waals surface area contributed by atoms with Gasteiger partial charge in [-0.1, -0.05) is 78.4 Å². The van der Waals surface area contributed by atoms with Crippen LogP contribution in [-0.2, 0) is 25.7 Å². The van der Waals surface area contributed by atoms with Gasteiger partial charge in [-0.3, -0.25) is 0 Å². The predicted molar refractivity (Wildman–Crippen MR) is 120 cm³/mol. The van der Waals surface area contributed by atoms with Crippen LogP contribution in [0.2, 0.25) is 0 Å². The Morgan fingerprint density at radius 1 is 0.586 bits per heavy atom. The predicted octanol–water partition coefficient (Wildman–Crippen LogP) is 6.59. The molecule has 4 aromatic rings. The van der Waals surface area contributed by atoms with Crippen molar-refractivity contribution in [2.75, 3.05) is 0 Å². The number of nitrogens with zero attached hydrogens (tertiary/aromatic N) is 1. The van der Waals surface area contributed by atoms with Crippen LogP contribution in [-0.4, -0.2) is 4.98 Å². The van der Waals surface area contributed by atoms with E-state index in [1.165, 1.54) is 61.5 Å². The molecule has 0 spiro atoms. The summed E-state index contributed by atoms with van der Waals surface area (Å²) in [6.45, 7) is 2.16. The highest BCUT2D eigenvalue weighted by atomic mass is 14.7. The molecule has 0 saturated heterocycles. The van der Waals surface area contributed by atoms with E-state index in [9.17, 15) is 0 Å². The minimum Gasteiger partial charge on any atom is -0.247 e. The summed E-state index contributed by atoms with van der Waals surface area (Å²) in [4.78, 5) is 5.34. The molecule has 1 heteroatoms. The summed E-state index contributed by atoms with van der Waals surface area (Å²) in [6.07, 6.45) is 4.33. The molecule has 1 heterocycles. The van der Waals surface area contributed by atoms with Gasteiger partial charge in [0, 0.05) is 11.1 Å². The SMILES string of the molecule is Cc1ccc(-c2c3c(nc4c2CCc2ccccc2-4)-c2ccccc2CC3)cc1. The maximum absolute atomic E-state index is 5.34. The molecule has 2 aliphatic rings. The van der Waals surface area contributed by atoms with Crippen LogP contribution in [0.3, 0.4) is 0 Å². The second kappa shape index (κ2) is 6.42. The molecule has 0 radical (unpaired) electrons. The number of hydrogen-bond donors (Lipinski definition) is 0. The molecular formula is C28H23N. The third-order valence-electron chi connectivity index (χ3n) is 6.57. The highest BCUT2D eigenvalue weighted by molar-refractivity contribution is 5.88. The molecule has 29 heavy (non-hydrogen) atoms. The van der Waals surface area contributed by atoms with Crippen LogP contribution in [0.5, 0.6) is 0 Å². The molecule has 0 bridgehead atoms. The van der Waals surface area contributed by atoms with Gasteiger partial charge >= 0.3 is 0 Å². The fourth-order valence-corrected chi connectivity index (χ4v) is 5.12. The van der Waals surface area contributed by atoms with Crippen molar-refractivity contribution in [3.63, 3.8) is 0 Å². The van der Waals surface area contributed by atoms with Crippen LogP contribution < -0.4 is 0 Å². The number of aromatic nitrogens is 1. The van der Waals surface area contributed by atoms with Gasteiger partial charge in [-0.05, 0) is 66.0 Å². The Kier molecular flexibility index (Phi) is 3.70. The van der Waals surface area contributed by atoms with E-state index in [0.717, 1.165) is 25.7 Å². The fourth-order valence-electron chi connectivity index (χ4n) is 5.12. The summed E-state index contributed by atoms with van der Waals surface area (Å²) in [5.74, 6) is 0. The second-order valence-corrected chi connectivity index (χ2v) is 8.32. The van der Waals surface area contributed by atoms with Gasteiger partial charge in [0.1, 0.15) is 0 Å². The lowest BCUT2D eigenvalue weighted by Crippen LogP contribution is -2.14. The van der Waals surface area contributed by atoms with Gasteiger partial charge in [-0.25, -0.2) is 4.98 Å². The largest absolute Gasteiger partial charge is 0.247 e. The minimum absolute atomic E-state index is 1.07. The average molecular weight is 373 g/mol. The van der Waals surface area contributed by atoms with Crippen molar-refractivity contribution in [3.8, 4) is 33.6 Å². The molecule has 0 aliphatic heterocycles. The highest BCUT2D eigenvalue weighted by Crippen LogP contribution is 2.45. The topological polar surface area (TPSA) is 12.9 Å². The summed E-state index contributed by atoms with van der Waals surface area (Å²) in [5, 5.41) is 0. The van der Waals surface area contributed by atoms with Crippen LogP contribution in [0.15, 0.2) is 72.8 Å². The van der Waals surface area contributed by atoms with Crippen molar-refractivity contribution in [2.24, 2.45) is 0 Å². The number of fused-ring (bicyclic) bond motifs is 6. The lowest BCUT2D eigenvalue weighted by molar-refractivity contribution is 0.892. The lowest BCUT2D eigenvalue weighted by Gasteiger charge is -2.29. The standard InChI is InChI=1S/C28H23N/c1-18-10-12-21(13-11-18)26-24-16-14-19-6-2-4-8-22(19)27(24)29-28-23-9-5-3-7-20(23)15-17-25(26)28/h2-13H,14-17H2,1H3. The highest BCUT2D eigenvalue weighted by Gasteiger charge is 2.28. The molecule has 3 aromatic carbocycles. The molecule has 2 aliphatic carbocycles. The van der Waals surface area contributed by atoms with Crippen LogP contribution in [0.1, 0.15) is 27.8 Å². The quantitative estimate of drug-likeness (QED) is 0.367. The van der Waals surface area contributed by atoms with E-state index in [0.29, 0.717) is 0 Å². The Morgan fingerprint density at radius 3 is 1.66 bits per heavy atom. The van der Waals surface area contributed by atoms with Crippen molar-refractivity contribution < 1.29 is 0 Å². The van der Waals surface area contributed by atoms with E-state index in [-0.39, 0.29) is 0 Å². The zero-order valence-electron chi connectivity index (χ0n) is 16.7. The summed E-state index contributed by atoms with van der Waals surface area (Å²) >= 11 is 0. The van der Waals surface area contributed by atoms with Gasteiger partial charge in [-0.2, -0.15) is 0 Å². The third kappa shape index (κ3) is 2.57. The van der Waals surface area contributed by atoms with Crippen molar-refractivity contribution in [3.05, 3.63) is 101 Å². The Hall–Kier alpha value is -3.19. The number of pyridine rings is 1.